The van der Waals surface area contributed by atoms with Crippen molar-refractivity contribution >= 4 is 35.4 Å². The minimum atomic E-state index is -0.969. The van der Waals surface area contributed by atoms with Crippen molar-refractivity contribution in [1.82, 2.24) is 15.8 Å². The van der Waals surface area contributed by atoms with Gasteiger partial charge in [0.15, 0.2) is 6.61 Å². The summed E-state index contributed by atoms with van der Waals surface area (Å²) in [7, 11) is 0. The summed E-state index contributed by atoms with van der Waals surface area (Å²) >= 11 is 0. The van der Waals surface area contributed by atoms with Gasteiger partial charge < -0.3 is 15.4 Å². The molecule has 3 N–H and O–H groups in total. The van der Waals surface area contributed by atoms with Crippen molar-refractivity contribution < 1.29 is 28.7 Å². The van der Waals surface area contributed by atoms with Gasteiger partial charge in [0.2, 0.25) is 5.91 Å². The van der Waals surface area contributed by atoms with Gasteiger partial charge in [0.1, 0.15) is 5.54 Å². The van der Waals surface area contributed by atoms with Crippen molar-refractivity contribution in [3.63, 3.8) is 0 Å². The van der Waals surface area contributed by atoms with E-state index in [-0.39, 0.29) is 11.5 Å². The second-order valence-electron chi connectivity index (χ2n) is 7.70. The van der Waals surface area contributed by atoms with Gasteiger partial charge in [0, 0.05) is 12.6 Å². The van der Waals surface area contributed by atoms with Gasteiger partial charge in [0.05, 0.1) is 5.56 Å². The zero-order valence-electron chi connectivity index (χ0n) is 16.8. The van der Waals surface area contributed by atoms with E-state index < -0.39 is 36.0 Å². The molecule has 1 spiro atoms. The number of amides is 5. The fraction of sp³-hybridized carbons (Fsp3) is 0.450. The molecule has 1 heterocycles. The predicted octanol–water partition coefficient (Wildman–Crippen LogP) is 1.33. The normalized spacial score (nSPS) is 23.1. The fourth-order valence-electron chi connectivity index (χ4n) is 3.58. The Kier molecular flexibility index (Phi) is 6.04. The summed E-state index contributed by atoms with van der Waals surface area (Å²) in [4.78, 5) is 60.1. The number of nitrogens with one attached hydrogen (secondary N) is 3. The highest BCUT2D eigenvalue weighted by atomic mass is 16.5. The molecule has 0 atom stereocenters. The number of carbonyl (C=O) groups excluding carboxylic acids is 5. The number of hydrogen-bond acceptors (Lipinski definition) is 6. The zero-order valence-corrected chi connectivity index (χ0v) is 16.8. The molecule has 1 aromatic rings. The zero-order chi connectivity index (χ0) is 21.9. The van der Waals surface area contributed by atoms with Crippen LogP contribution in [0.2, 0.25) is 0 Å². The van der Waals surface area contributed by atoms with E-state index in [9.17, 15) is 24.0 Å². The minimum absolute atomic E-state index is 0.183. The van der Waals surface area contributed by atoms with E-state index in [2.05, 4.69) is 23.0 Å². The number of anilines is 1. The summed E-state index contributed by atoms with van der Waals surface area (Å²) < 4.78 is 4.93. The van der Waals surface area contributed by atoms with Crippen LogP contribution >= 0.6 is 0 Å². The van der Waals surface area contributed by atoms with E-state index >= 15 is 0 Å². The van der Waals surface area contributed by atoms with Gasteiger partial charge in [-0.15, -0.1) is 0 Å². The molecule has 1 aromatic carbocycles. The number of rotatable bonds is 5. The Balaban J connectivity index is 1.52. The molecule has 0 radical (unpaired) electrons. The lowest BCUT2D eigenvalue weighted by atomic mass is 9.77. The quantitative estimate of drug-likeness (QED) is 0.490. The maximum absolute atomic E-state index is 12.7. The molecule has 1 aliphatic heterocycles. The Morgan fingerprint density at radius 3 is 2.40 bits per heavy atom. The summed E-state index contributed by atoms with van der Waals surface area (Å²) in [5.41, 5.74) is 1.94. The second-order valence-corrected chi connectivity index (χ2v) is 7.70. The Bertz CT molecular complexity index is 874. The summed E-state index contributed by atoms with van der Waals surface area (Å²) in [6, 6.07) is 5.24. The van der Waals surface area contributed by atoms with Crippen LogP contribution in [0, 0.1) is 5.92 Å². The van der Waals surface area contributed by atoms with Crippen LogP contribution in [0.5, 0.6) is 0 Å². The molecule has 2 fully saturated rings. The van der Waals surface area contributed by atoms with Gasteiger partial charge in [-0.05, 0) is 55.9 Å². The third-order valence-electron chi connectivity index (χ3n) is 5.30. The van der Waals surface area contributed by atoms with Crippen LogP contribution in [0.15, 0.2) is 24.3 Å². The van der Waals surface area contributed by atoms with Crippen LogP contribution in [-0.2, 0) is 19.1 Å². The predicted molar refractivity (Wildman–Crippen MR) is 105 cm³/mol. The number of nitrogens with zero attached hydrogens (tertiary/aromatic N) is 1. The Morgan fingerprint density at radius 2 is 1.80 bits per heavy atom. The number of imide groups is 1. The summed E-state index contributed by atoms with van der Waals surface area (Å²) in [6.45, 7) is 2.80. The molecule has 3 rings (SSSR count). The molecule has 1 aliphatic carbocycles. The maximum Gasteiger partial charge on any atom is 0.344 e. The number of ether oxygens (including phenoxy) is 1. The Labute approximate surface area is 173 Å². The van der Waals surface area contributed by atoms with E-state index in [0.717, 1.165) is 12.8 Å². The first-order chi connectivity index (χ1) is 14.2. The smallest absolute Gasteiger partial charge is 0.344 e. The molecule has 0 bridgehead atoms. The summed E-state index contributed by atoms with van der Waals surface area (Å²) in [5, 5.41) is 5.92. The third kappa shape index (κ3) is 4.58. The van der Waals surface area contributed by atoms with Gasteiger partial charge in [-0.3, -0.25) is 19.8 Å². The average molecular weight is 416 g/mol. The molecule has 160 valence electrons. The van der Waals surface area contributed by atoms with Gasteiger partial charge in [-0.2, -0.15) is 5.01 Å². The largest absolute Gasteiger partial charge is 0.452 e. The minimum Gasteiger partial charge on any atom is -0.452 e. The first-order valence-electron chi connectivity index (χ1n) is 9.71. The van der Waals surface area contributed by atoms with Gasteiger partial charge in [0.25, 0.3) is 11.8 Å². The van der Waals surface area contributed by atoms with Crippen molar-refractivity contribution in [1.29, 1.82) is 0 Å². The van der Waals surface area contributed by atoms with Gasteiger partial charge in [-0.1, -0.05) is 6.92 Å². The van der Waals surface area contributed by atoms with Crippen LogP contribution in [-0.4, -0.2) is 46.9 Å². The Morgan fingerprint density at radius 1 is 1.17 bits per heavy atom. The number of esters is 1. The van der Waals surface area contributed by atoms with Crippen molar-refractivity contribution in [3.8, 4) is 0 Å². The van der Waals surface area contributed by atoms with Crippen LogP contribution in [0.1, 0.15) is 49.9 Å². The average Bonchev–Trinajstić information content (AvgIpc) is 2.93. The standard InChI is InChI=1S/C20H24N4O6/c1-12-7-9-20(10-8-12)18(28)24(19(29)22-20)23-16(26)11-30-17(27)14-3-5-15(6-4-14)21-13(2)25/h3-6,12H,7-11H2,1-2H3,(H,21,25)(H,22,29)(H,23,26). The molecule has 10 heteroatoms. The first kappa shape index (κ1) is 21.3. The molecule has 1 saturated carbocycles. The lowest BCUT2D eigenvalue weighted by Crippen LogP contribution is -2.52. The van der Waals surface area contributed by atoms with E-state index in [1.165, 1.54) is 31.2 Å². The monoisotopic (exact) mass is 416 g/mol. The van der Waals surface area contributed by atoms with E-state index in [4.69, 9.17) is 4.74 Å². The molecular weight excluding hydrogens is 392 g/mol. The van der Waals surface area contributed by atoms with Crippen LogP contribution in [0.4, 0.5) is 10.5 Å². The number of benzene rings is 1. The Hall–Kier alpha value is -3.43. The molecule has 10 nitrogen and oxygen atoms in total. The van der Waals surface area contributed by atoms with Crippen LogP contribution in [0.25, 0.3) is 0 Å². The highest BCUT2D eigenvalue weighted by molar-refractivity contribution is 6.08. The third-order valence-corrected chi connectivity index (χ3v) is 5.30. The van der Waals surface area contributed by atoms with Gasteiger partial charge >= 0.3 is 12.0 Å². The van der Waals surface area contributed by atoms with E-state index in [1.807, 2.05) is 0 Å². The molecule has 30 heavy (non-hydrogen) atoms. The first-order valence-corrected chi connectivity index (χ1v) is 9.71. The summed E-state index contributed by atoms with van der Waals surface area (Å²) in [5.74, 6) is -1.81. The van der Waals surface area contributed by atoms with Crippen molar-refractivity contribution in [2.45, 2.75) is 45.1 Å². The second kappa shape index (κ2) is 8.52. The molecule has 0 aromatic heterocycles. The lowest BCUT2D eigenvalue weighted by Gasteiger charge is -2.33. The summed E-state index contributed by atoms with van der Waals surface area (Å²) in [6.07, 6.45) is 2.67. The molecule has 0 unspecified atom stereocenters. The fourth-order valence-corrected chi connectivity index (χ4v) is 3.58. The topological polar surface area (TPSA) is 134 Å². The van der Waals surface area contributed by atoms with Crippen LogP contribution in [0.3, 0.4) is 0 Å². The molecule has 5 amide bonds. The number of urea groups is 1. The maximum atomic E-state index is 12.7. The molecular formula is C20H24N4O6. The van der Waals surface area contributed by atoms with E-state index in [0.29, 0.717) is 29.5 Å². The number of carbonyl (C=O) groups is 5. The highest BCUT2D eigenvalue weighted by Gasteiger charge is 2.52. The van der Waals surface area contributed by atoms with Crippen molar-refractivity contribution in [2.75, 3.05) is 11.9 Å². The lowest BCUT2D eigenvalue weighted by molar-refractivity contribution is -0.141. The molecule has 1 saturated heterocycles. The molecule has 2 aliphatic rings. The number of hydrazine groups is 1. The highest BCUT2D eigenvalue weighted by Crippen LogP contribution is 2.35. The van der Waals surface area contributed by atoms with Crippen LogP contribution < -0.4 is 16.1 Å². The van der Waals surface area contributed by atoms with Crippen molar-refractivity contribution in [2.24, 2.45) is 5.92 Å². The van der Waals surface area contributed by atoms with Crippen molar-refractivity contribution in [3.05, 3.63) is 29.8 Å². The SMILES string of the molecule is CC(=O)Nc1ccc(C(=O)OCC(=O)NN2C(=O)NC3(CCC(C)CC3)C2=O)cc1. The van der Waals surface area contributed by atoms with E-state index in [1.54, 1.807) is 0 Å². The number of hydrogen-bond donors (Lipinski definition) is 3. The van der Waals surface area contributed by atoms with Gasteiger partial charge in [-0.25, -0.2) is 9.59 Å².